The van der Waals surface area contributed by atoms with Crippen molar-refractivity contribution in [2.75, 3.05) is 39.8 Å². The van der Waals surface area contributed by atoms with E-state index in [1.165, 1.54) is 4.90 Å². The number of carbonyl (C=O) groups excluding carboxylic acids is 3. The van der Waals surface area contributed by atoms with Crippen LogP contribution in [0.3, 0.4) is 0 Å². The number of hydrogen-bond donors (Lipinski definition) is 5. The van der Waals surface area contributed by atoms with E-state index in [9.17, 15) is 39.2 Å². The van der Waals surface area contributed by atoms with E-state index in [0.29, 0.717) is 36.1 Å². The molecule has 11 heteroatoms. The number of likely N-dealkylation sites (N-methyl/N-ethyl adjacent to an activating group) is 1. The van der Waals surface area contributed by atoms with Crippen molar-refractivity contribution in [2.24, 2.45) is 17.6 Å². The fourth-order valence-electron chi connectivity index (χ4n) is 6.35. The smallest absolute Gasteiger partial charge is 0.255 e. The predicted molar refractivity (Wildman–Crippen MR) is 137 cm³/mol. The fourth-order valence-corrected chi connectivity index (χ4v) is 6.35. The highest BCUT2D eigenvalue weighted by Crippen LogP contribution is 2.54. The number of ketones is 2. The van der Waals surface area contributed by atoms with Crippen molar-refractivity contribution in [1.82, 2.24) is 4.90 Å². The predicted octanol–water partition coefficient (Wildman–Crippen LogP) is 1.32. The second-order valence-corrected chi connectivity index (χ2v) is 10.8. The number of phenolic OH excluding ortho intramolecular Hbond substituents is 1. The maximum Gasteiger partial charge on any atom is 0.255 e. The molecular weight excluding hydrogens is 497 g/mol. The summed E-state index contributed by atoms with van der Waals surface area (Å²) < 4.78 is 12.7. The van der Waals surface area contributed by atoms with Gasteiger partial charge in [-0.2, -0.15) is 0 Å². The summed E-state index contributed by atoms with van der Waals surface area (Å²) >= 11 is 0. The Balaban J connectivity index is 1.95. The van der Waals surface area contributed by atoms with Gasteiger partial charge in [0.25, 0.3) is 5.91 Å². The zero-order valence-corrected chi connectivity index (χ0v) is 21.9. The molecule has 10 nitrogen and oxygen atoms in total. The topological polar surface area (TPSA) is 165 Å². The van der Waals surface area contributed by atoms with Gasteiger partial charge in [-0.15, -0.1) is 0 Å². The molecule has 6 N–H and O–H groups in total. The largest absolute Gasteiger partial charge is 0.508 e. The first kappa shape index (κ1) is 27.6. The number of nitrogens with zero attached hydrogens (tertiary/aromatic N) is 2. The summed E-state index contributed by atoms with van der Waals surface area (Å²) in [6, 6.07) is 0.651. The Hall–Kier alpha value is -3.44. The molecule has 0 heterocycles. The molecule has 0 bridgehead atoms. The highest BCUT2D eigenvalue weighted by molar-refractivity contribution is 6.24. The molecule has 0 aliphatic heterocycles. The van der Waals surface area contributed by atoms with Crippen LogP contribution in [-0.2, 0) is 27.2 Å². The number of rotatable bonds is 7. The molecule has 4 atom stereocenters. The maximum atomic E-state index is 13.9. The Bertz CT molecular complexity index is 1290. The Labute approximate surface area is 219 Å². The number of amides is 1. The Morgan fingerprint density at radius 2 is 1.82 bits per heavy atom. The highest BCUT2D eigenvalue weighted by atomic mass is 19.1. The van der Waals surface area contributed by atoms with Crippen LogP contribution in [-0.4, -0.2) is 89.3 Å². The average Bonchev–Trinajstić information content (AvgIpc) is 2.82. The van der Waals surface area contributed by atoms with Gasteiger partial charge in [0.2, 0.25) is 5.78 Å². The molecule has 1 saturated carbocycles. The number of hydrogen-bond acceptors (Lipinski definition) is 9. The van der Waals surface area contributed by atoms with Gasteiger partial charge >= 0.3 is 0 Å². The molecule has 0 radical (unpaired) electrons. The minimum atomic E-state index is -2.68. The molecule has 1 fully saturated rings. The molecule has 1 aromatic carbocycles. The molecule has 0 spiro atoms. The number of anilines is 1. The minimum absolute atomic E-state index is 0.0254. The second-order valence-electron chi connectivity index (χ2n) is 10.8. The van der Waals surface area contributed by atoms with E-state index in [1.807, 2.05) is 4.90 Å². The summed E-state index contributed by atoms with van der Waals surface area (Å²) in [5.41, 5.74) is 3.44. The van der Waals surface area contributed by atoms with Crippen molar-refractivity contribution < 1.29 is 39.2 Å². The van der Waals surface area contributed by atoms with Gasteiger partial charge in [-0.25, -0.2) is 0 Å². The van der Waals surface area contributed by atoms with Crippen molar-refractivity contribution in [3.05, 3.63) is 39.7 Å². The van der Waals surface area contributed by atoms with Crippen LogP contribution in [0.2, 0.25) is 0 Å². The average molecular weight is 532 g/mol. The molecule has 1 amide bonds. The van der Waals surface area contributed by atoms with E-state index >= 15 is 0 Å². The van der Waals surface area contributed by atoms with Crippen LogP contribution in [0.25, 0.3) is 5.76 Å². The summed E-state index contributed by atoms with van der Waals surface area (Å²) in [5, 5.41) is 45.2. The van der Waals surface area contributed by atoms with Crippen LogP contribution in [0.15, 0.2) is 23.0 Å². The van der Waals surface area contributed by atoms with Gasteiger partial charge in [0.15, 0.2) is 11.4 Å². The molecule has 4 rings (SSSR count). The van der Waals surface area contributed by atoms with Gasteiger partial charge in [0.05, 0.1) is 18.3 Å². The Morgan fingerprint density at radius 3 is 2.37 bits per heavy atom. The van der Waals surface area contributed by atoms with Crippen LogP contribution in [0.5, 0.6) is 5.75 Å². The zero-order valence-electron chi connectivity index (χ0n) is 21.9. The quantitative estimate of drug-likeness (QED) is 0.258. The molecule has 3 aliphatic carbocycles. The number of unbranched alkanes of at least 4 members (excludes halogenated alkanes) is 1. The van der Waals surface area contributed by atoms with Crippen LogP contribution >= 0.6 is 0 Å². The minimum Gasteiger partial charge on any atom is -0.508 e. The summed E-state index contributed by atoms with van der Waals surface area (Å²) in [7, 11) is 6.71. The number of Topliss-reactive ketones (excluding diaryl/α,β-unsaturated/α-hetero) is 2. The lowest BCUT2D eigenvalue weighted by Crippen LogP contribution is -2.65. The number of aryl methyl sites for hydroxylation is 1. The Kier molecular flexibility index (Phi) is 7.04. The first-order valence-electron chi connectivity index (χ1n) is 12.5. The first-order chi connectivity index (χ1) is 17.8. The van der Waals surface area contributed by atoms with E-state index in [-0.39, 0.29) is 29.7 Å². The number of benzene rings is 1. The summed E-state index contributed by atoms with van der Waals surface area (Å²) in [4.78, 5) is 42.5. The normalized spacial score (nSPS) is 26.9. The SMILES string of the molecule is CN(C)c1cc(CCCCF)c(O)c2c1C[C@H]1C[C@H]3[C@@H](N(C)C)C(=O)C(C(N)=O)=C(O)[C@@]3(O)C(=O)C1=C2O. The van der Waals surface area contributed by atoms with Crippen LogP contribution in [0.1, 0.15) is 36.0 Å². The lowest BCUT2D eigenvalue weighted by atomic mass is 9.57. The van der Waals surface area contributed by atoms with E-state index in [0.717, 1.165) is 0 Å². The first-order valence-corrected chi connectivity index (χ1v) is 12.5. The number of fused-ring (bicyclic) bond motifs is 3. The van der Waals surface area contributed by atoms with Crippen molar-refractivity contribution >= 4 is 28.9 Å². The van der Waals surface area contributed by atoms with Gasteiger partial charge in [-0.05, 0) is 69.3 Å². The van der Waals surface area contributed by atoms with Crippen molar-refractivity contribution in [2.45, 2.75) is 43.7 Å². The standard InChI is InChI=1S/C27H34FN3O7/c1-30(2)16-11-12(7-5-6-8-28)21(32)18-14(16)9-13-10-15-20(31(3)4)23(34)19(26(29)37)25(36)27(15,38)24(35)17(13)22(18)33/h11,13,15,20,32-33,36,38H,5-10H2,1-4H3,(H2,29,37)/t13-,15-,20+,27-/m0/s1. The maximum absolute atomic E-state index is 13.9. The third kappa shape index (κ3) is 3.87. The van der Waals surface area contributed by atoms with Crippen molar-refractivity contribution in [1.29, 1.82) is 0 Å². The van der Waals surface area contributed by atoms with Crippen LogP contribution in [0, 0.1) is 11.8 Å². The number of carbonyl (C=O) groups is 3. The van der Waals surface area contributed by atoms with Gasteiger partial charge in [0, 0.05) is 31.3 Å². The molecule has 0 unspecified atom stereocenters. The number of aliphatic hydroxyl groups is 3. The highest BCUT2D eigenvalue weighted by Gasteiger charge is 2.64. The van der Waals surface area contributed by atoms with E-state index in [1.54, 1.807) is 34.3 Å². The number of nitrogens with two attached hydrogens (primary N) is 1. The van der Waals surface area contributed by atoms with Crippen LogP contribution < -0.4 is 10.6 Å². The van der Waals surface area contributed by atoms with Crippen molar-refractivity contribution in [3.8, 4) is 5.75 Å². The van der Waals surface area contributed by atoms with Gasteiger partial charge in [-0.3, -0.25) is 23.7 Å². The molecule has 1 aromatic rings. The number of primary amides is 1. The van der Waals surface area contributed by atoms with Gasteiger partial charge in [0.1, 0.15) is 22.8 Å². The fraction of sp³-hybridized carbons (Fsp3) is 0.519. The number of aromatic hydroxyl groups is 1. The number of halogens is 1. The summed E-state index contributed by atoms with van der Waals surface area (Å²) in [6.07, 6.45) is 1.34. The molecule has 3 aliphatic rings. The Morgan fingerprint density at radius 1 is 1.16 bits per heavy atom. The number of aliphatic hydroxyl groups excluding tert-OH is 2. The number of phenols is 1. The molecule has 206 valence electrons. The third-order valence-electron chi connectivity index (χ3n) is 8.09. The van der Waals surface area contributed by atoms with E-state index in [4.69, 9.17) is 5.73 Å². The zero-order chi connectivity index (χ0) is 28.3. The molecular formula is C27H34FN3O7. The van der Waals surface area contributed by atoms with Crippen molar-refractivity contribution in [3.63, 3.8) is 0 Å². The second kappa shape index (κ2) is 9.70. The van der Waals surface area contributed by atoms with Gasteiger partial charge in [-0.1, -0.05) is 0 Å². The summed E-state index contributed by atoms with van der Waals surface area (Å²) in [5.74, 6) is -6.78. The summed E-state index contributed by atoms with van der Waals surface area (Å²) in [6.45, 7) is -0.502. The molecule has 0 aromatic heterocycles. The number of alkyl halides is 1. The van der Waals surface area contributed by atoms with E-state index < -0.39 is 64.7 Å². The third-order valence-corrected chi connectivity index (χ3v) is 8.09. The van der Waals surface area contributed by atoms with E-state index in [2.05, 4.69) is 0 Å². The van der Waals surface area contributed by atoms with Crippen LogP contribution in [0.4, 0.5) is 10.1 Å². The monoisotopic (exact) mass is 531 g/mol. The molecule has 0 saturated heterocycles. The van der Waals surface area contributed by atoms with Gasteiger partial charge < -0.3 is 31.1 Å². The lowest BCUT2D eigenvalue weighted by molar-refractivity contribution is -0.153. The lowest BCUT2D eigenvalue weighted by Gasteiger charge is -2.50. The molecule has 38 heavy (non-hydrogen) atoms.